The third-order valence-electron chi connectivity index (χ3n) is 4.10. The molecule has 2 atom stereocenters. The van der Waals surface area contributed by atoms with Gasteiger partial charge in [-0.3, -0.25) is 4.90 Å². The van der Waals surface area contributed by atoms with Gasteiger partial charge in [0, 0.05) is 19.1 Å². The van der Waals surface area contributed by atoms with Crippen LogP contribution in [0.3, 0.4) is 0 Å². The van der Waals surface area contributed by atoms with E-state index in [9.17, 15) is 0 Å². The summed E-state index contributed by atoms with van der Waals surface area (Å²) in [5.41, 5.74) is 7.08. The van der Waals surface area contributed by atoms with E-state index in [2.05, 4.69) is 24.8 Å². The Kier molecular flexibility index (Phi) is 5.23. The van der Waals surface area contributed by atoms with Crippen LogP contribution in [-0.4, -0.2) is 37.2 Å². The molecule has 106 valence electrons. The molecule has 19 heavy (non-hydrogen) atoms. The largest absolute Gasteiger partial charge is 0.492 e. The molecule has 0 aliphatic carbocycles. The van der Waals surface area contributed by atoms with E-state index in [1.165, 1.54) is 18.4 Å². The van der Waals surface area contributed by atoms with Gasteiger partial charge in [0.25, 0.3) is 0 Å². The van der Waals surface area contributed by atoms with Gasteiger partial charge in [-0.2, -0.15) is 0 Å². The van der Waals surface area contributed by atoms with Crippen LogP contribution < -0.4 is 10.5 Å². The topological polar surface area (TPSA) is 38.5 Å². The van der Waals surface area contributed by atoms with Crippen LogP contribution in [0.2, 0.25) is 0 Å². The molecule has 3 heteroatoms. The van der Waals surface area contributed by atoms with Crippen molar-refractivity contribution in [3.05, 3.63) is 29.8 Å². The van der Waals surface area contributed by atoms with E-state index in [0.29, 0.717) is 6.04 Å². The van der Waals surface area contributed by atoms with Gasteiger partial charge in [-0.05, 0) is 43.9 Å². The molecule has 1 heterocycles. The Morgan fingerprint density at radius 3 is 2.89 bits per heavy atom. The fourth-order valence-corrected chi connectivity index (χ4v) is 2.83. The number of nitrogens with zero attached hydrogens (tertiary/aromatic N) is 1. The second-order valence-corrected chi connectivity index (χ2v) is 5.67. The number of hydrogen-bond acceptors (Lipinski definition) is 3. The van der Waals surface area contributed by atoms with Crippen molar-refractivity contribution in [2.24, 2.45) is 11.7 Å². The average molecular weight is 262 g/mol. The predicted molar refractivity (Wildman–Crippen MR) is 79.5 cm³/mol. The van der Waals surface area contributed by atoms with Gasteiger partial charge >= 0.3 is 0 Å². The Morgan fingerprint density at radius 1 is 1.37 bits per heavy atom. The number of aryl methyl sites for hydroxylation is 1. The zero-order valence-corrected chi connectivity index (χ0v) is 12.1. The summed E-state index contributed by atoms with van der Waals surface area (Å²) >= 11 is 0. The van der Waals surface area contributed by atoms with Crippen molar-refractivity contribution in [3.63, 3.8) is 0 Å². The van der Waals surface area contributed by atoms with Crippen LogP contribution in [0.5, 0.6) is 5.75 Å². The fourth-order valence-electron chi connectivity index (χ4n) is 2.83. The molecule has 0 radical (unpaired) electrons. The quantitative estimate of drug-likeness (QED) is 0.885. The number of ether oxygens (including phenoxy) is 1. The highest BCUT2D eigenvalue weighted by atomic mass is 16.5. The zero-order chi connectivity index (χ0) is 13.7. The van der Waals surface area contributed by atoms with E-state index >= 15 is 0 Å². The molecule has 1 saturated heterocycles. The van der Waals surface area contributed by atoms with Gasteiger partial charge in [-0.15, -0.1) is 0 Å². The molecule has 1 aliphatic rings. The van der Waals surface area contributed by atoms with E-state index in [0.717, 1.165) is 37.9 Å². The van der Waals surface area contributed by atoms with Crippen LogP contribution in [0.15, 0.2) is 24.3 Å². The van der Waals surface area contributed by atoms with E-state index < -0.39 is 0 Å². The number of likely N-dealkylation sites (tertiary alicyclic amines) is 1. The lowest BCUT2D eigenvalue weighted by atomic mass is 9.92. The summed E-state index contributed by atoms with van der Waals surface area (Å²) in [6, 6.07) is 8.71. The lowest BCUT2D eigenvalue weighted by Crippen LogP contribution is -2.47. The van der Waals surface area contributed by atoms with Gasteiger partial charge in [0.2, 0.25) is 0 Å². The van der Waals surface area contributed by atoms with Crippen LogP contribution >= 0.6 is 0 Å². The molecule has 2 rings (SSSR count). The number of para-hydroxylation sites is 1. The van der Waals surface area contributed by atoms with Crippen molar-refractivity contribution >= 4 is 0 Å². The molecule has 1 fully saturated rings. The maximum Gasteiger partial charge on any atom is 0.122 e. The first-order valence-corrected chi connectivity index (χ1v) is 7.33. The summed E-state index contributed by atoms with van der Waals surface area (Å²) in [5, 5.41) is 0. The molecule has 0 aromatic heterocycles. The van der Waals surface area contributed by atoms with Crippen molar-refractivity contribution in [2.75, 3.05) is 26.2 Å². The molecular formula is C16H26N2O. The lowest BCUT2D eigenvalue weighted by molar-refractivity contribution is 0.103. The molecule has 0 saturated carbocycles. The van der Waals surface area contributed by atoms with E-state index in [-0.39, 0.29) is 0 Å². The summed E-state index contributed by atoms with van der Waals surface area (Å²) in [7, 11) is 0. The zero-order valence-electron chi connectivity index (χ0n) is 12.1. The first-order chi connectivity index (χ1) is 9.20. The number of rotatable bonds is 5. The monoisotopic (exact) mass is 262 g/mol. The normalized spacial score (nSPS) is 24.4. The van der Waals surface area contributed by atoms with Crippen molar-refractivity contribution in [3.8, 4) is 5.75 Å². The summed E-state index contributed by atoms with van der Waals surface area (Å²) in [4.78, 5) is 2.48. The molecular weight excluding hydrogens is 236 g/mol. The molecule has 2 N–H and O–H groups in total. The SMILES string of the molecule is Cc1ccccc1OCCN1CCC(C)CC1CN. The van der Waals surface area contributed by atoms with Crippen LogP contribution in [0.1, 0.15) is 25.3 Å². The van der Waals surface area contributed by atoms with E-state index in [1.807, 2.05) is 18.2 Å². The van der Waals surface area contributed by atoms with Gasteiger partial charge in [0.15, 0.2) is 0 Å². The van der Waals surface area contributed by atoms with Crippen molar-refractivity contribution in [1.82, 2.24) is 4.90 Å². The minimum Gasteiger partial charge on any atom is -0.492 e. The number of benzene rings is 1. The molecule has 3 nitrogen and oxygen atoms in total. The average Bonchev–Trinajstić information content (AvgIpc) is 2.42. The van der Waals surface area contributed by atoms with E-state index in [1.54, 1.807) is 0 Å². The summed E-state index contributed by atoms with van der Waals surface area (Å²) in [6.07, 6.45) is 2.50. The number of piperidine rings is 1. The van der Waals surface area contributed by atoms with Gasteiger partial charge in [0.05, 0.1) is 0 Å². The Hall–Kier alpha value is -1.06. The van der Waals surface area contributed by atoms with Gasteiger partial charge < -0.3 is 10.5 Å². The fraction of sp³-hybridized carbons (Fsp3) is 0.625. The van der Waals surface area contributed by atoms with Crippen molar-refractivity contribution < 1.29 is 4.74 Å². The maximum absolute atomic E-state index is 5.88. The number of hydrogen-bond donors (Lipinski definition) is 1. The van der Waals surface area contributed by atoms with Gasteiger partial charge in [-0.25, -0.2) is 0 Å². The van der Waals surface area contributed by atoms with Crippen LogP contribution in [0.4, 0.5) is 0 Å². The Bertz CT molecular complexity index is 394. The minimum absolute atomic E-state index is 0.532. The second-order valence-electron chi connectivity index (χ2n) is 5.67. The first-order valence-electron chi connectivity index (χ1n) is 7.33. The maximum atomic E-state index is 5.88. The van der Waals surface area contributed by atoms with Crippen molar-refractivity contribution in [1.29, 1.82) is 0 Å². The third-order valence-corrected chi connectivity index (χ3v) is 4.10. The summed E-state index contributed by atoms with van der Waals surface area (Å²) < 4.78 is 5.88. The number of nitrogens with two attached hydrogens (primary N) is 1. The Balaban J connectivity index is 1.80. The second kappa shape index (κ2) is 6.92. The molecule has 1 aromatic rings. The first kappa shape index (κ1) is 14.4. The lowest BCUT2D eigenvalue weighted by Gasteiger charge is -2.37. The molecule has 0 spiro atoms. The molecule has 0 amide bonds. The third kappa shape index (κ3) is 3.95. The highest BCUT2D eigenvalue weighted by Gasteiger charge is 2.24. The molecule has 0 bridgehead atoms. The van der Waals surface area contributed by atoms with Gasteiger partial charge in [0.1, 0.15) is 12.4 Å². The van der Waals surface area contributed by atoms with E-state index in [4.69, 9.17) is 10.5 Å². The minimum atomic E-state index is 0.532. The van der Waals surface area contributed by atoms with Crippen LogP contribution in [-0.2, 0) is 0 Å². The standard InChI is InChI=1S/C16H26N2O/c1-13-7-8-18(15(11-13)12-17)9-10-19-16-6-4-3-5-14(16)2/h3-6,13,15H,7-12,17H2,1-2H3. The van der Waals surface area contributed by atoms with Crippen molar-refractivity contribution in [2.45, 2.75) is 32.7 Å². The predicted octanol–water partition coefficient (Wildman–Crippen LogP) is 2.43. The molecule has 1 aliphatic heterocycles. The highest BCUT2D eigenvalue weighted by molar-refractivity contribution is 5.31. The summed E-state index contributed by atoms with van der Waals surface area (Å²) in [6.45, 7) is 8.04. The summed E-state index contributed by atoms with van der Waals surface area (Å²) in [5.74, 6) is 1.80. The van der Waals surface area contributed by atoms with Crippen LogP contribution in [0.25, 0.3) is 0 Å². The Labute approximate surface area is 116 Å². The van der Waals surface area contributed by atoms with Crippen LogP contribution in [0, 0.1) is 12.8 Å². The Morgan fingerprint density at radius 2 is 2.16 bits per heavy atom. The van der Waals surface area contributed by atoms with Gasteiger partial charge in [-0.1, -0.05) is 25.1 Å². The molecule has 1 aromatic carbocycles. The smallest absolute Gasteiger partial charge is 0.122 e. The molecule has 2 unspecified atom stereocenters. The highest BCUT2D eigenvalue weighted by Crippen LogP contribution is 2.22.